The minimum atomic E-state index is -0.420. The third-order valence-electron chi connectivity index (χ3n) is 5.83. The van der Waals surface area contributed by atoms with Crippen molar-refractivity contribution in [2.75, 3.05) is 4.90 Å². The van der Waals surface area contributed by atoms with Gasteiger partial charge in [0.2, 0.25) is 0 Å². The number of anilines is 1. The van der Waals surface area contributed by atoms with Gasteiger partial charge in [-0.25, -0.2) is 9.88 Å². The number of carbonyl (C=O) groups is 3. The molecule has 2 heterocycles. The lowest BCUT2D eigenvalue weighted by atomic mass is 10.1. The first-order valence-electron chi connectivity index (χ1n) is 10.8. The minimum absolute atomic E-state index is 0.240. The Labute approximate surface area is 200 Å². The molecule has 0 fully saturated rings. The third kappa shape index (κ3) is 3.91. The molecular formula is C27H21N3O3S. The van der Waals surface area contributed by atoms with Crippen molar-refractivity contribution < 1.29 is 14.4 Å². The lowest BCUT2D eigenvalue weighted by Crippen LogP contribution is -2.30. The van der Waals surface area contributed by atoms with Crippen molar-refractivity contribution in [3.8, 4) is 11.3 Å². The highest BCUT2D eigenvalue weighted by molar-refractivity contribution is 7.09. The maximum absolute atomic E-state index is 13.0. The number of carbonyl (C=O) groups excluding carboxylic acids is 3. The van der Waals surface area contributed by atoms with Gasteiger partial charge in [0.05, 0.1) is 27.5 Å². The highest BCUT2D eigenvalue weighted by Gasteiger charge is 2.37. The van der Waals surface area contributed by atoms with E-state index in [4.69, 9.17) is 0 Å². The Balaban J connectivity index is 1.30. The molecule has 3 aromatic carbocycles. The Bertz CT molecular complexity index is 1440. The highest BCUT2D eigenvalue weighted by atomic mass is 32.1. The summed E-state index contributed by atoms with van der Waals surface area (Å²) in [7, 11) is 0. The molecule has 0 aliphatic carbocycles. The van der Waals surface area contributed by atoms with Crippen LogP contribution in [0.5, 0.6) is 0 Å². The molecule has 0 bridgehead atoms. The van der Waals surface area contributed by atoms with Gasteiger partial charge in [-0.3, -0.25) is 14.4 Å². The number of aromatic nitrogens is 1. The van der Waals surface area contributed by atoms with Crippen molar-refractivity contribution in [3.05, 3.63) is 105 Å². The summed E-state index contributed by atoms with van der Waals surface area (Å²) in [4.78, 5) is 44.4. The second kappa shape index (κ2) is 8.68. The van der Waals surface area contributed by atoms with Crippen LogP contribution in [0.4, 0.5) is 5.69 Å². The first-order chi connectivity index (χ1) is 16.4. The van der Waals surface area contributed by atoms with Crippen LogP contribution in [0.3, 0.4) is 0 Å². The number of benzene rings is 3. The van der Waals surface area contributed by atoms with Gasteiger partial charge >= 0.3 is 0 Å². The highest BCUT2D eigenvalue weighted by Crippen LogP contribution is 2.31. The zero-order chi connectivity index (χ0) is 23.8. The normalized spacial score (nSPS) is 12.7. The van der Waals surface area contributed by atoms with Crippen molar-refractivity contribution >= 4 is 34.7 Å². The third-order valence-corrected chi connectivity index (χ3v) is 6.60. The van der Waals surface area contributed by atoms with E-state index in [1.807, 2.05) is 55.6 Å². The Morgan fingerprint density at radius 3 is 2.38 bits per heavy atom. The fourth-order valence-electron chi connectivity index (χ4n) is 3.99. The largest absolute Gasteiger partial charge is 0.348 e. The number of amides is 3. The number of aryl methyl sites for hydroxylation is 2. The molecule has 1 aliphatic rings. The van der Waals surface area contributed by atoms with Gasteiger partial charge in [-0.15, -0.1) is 11.3 Å². The first kappa shape index (κ1) is 21.7. The van der Waals surface area contributed by atoms with Gasteiger partial charge in [0, 0.05) is 23.1 Å². The van der Waals surface area contributed by atoms with Gasteiger partial charge in [0.25, 0.3) is 17.7 Å². The van der Waals surface area contributed by atoms with E-state index in [0.29, 0.717) is 23.4 Å². The molecule has 0 radical (unpaired) electrons. The number of fused-ring (bicyclic) bond motifs is 1. The van der Waals surface area contributed by atoms with Crippen LogP contribution in [0, 0.1) is 13.8 Å². The number of thiazole rings is 1. The zero-order valence-corrected chi connectivity index (χ0v) is 19.5. The maximum Gasteiger partial charge on any atom is 0.266 e. The molecule has 0 atom stereocenters. The molecule has 4 aromatic rings. The molecule has 6 nitrogen and oxygen atoms in total. The van der Waals surface area contributed by atoms with Crippen molar-refractivity contribution in [1.29, 1.82) is 0 Å². The lowest BCUT2D eigenvalue weighted by Gasteiger charge is -2.16. The molecule has 1 aromatic heterocycles. The van der Waals surface area contributed by atoms with Crippen LogP contribution in [0.25, 0.3) is 11.3 Å². The van der Waals surface area contributed by atoms with E-state index in [1.165, 1.54) is 11.0 Å². The average Bonchev–Trinajstić information content (AvgIpc) is 3.39. The van der Waals surface area contributed by atoms with Crippen molar-refractivity contribution in [2.24, 2.45) is 0 Å². The monoisotopic (exact) mass is 467 g/mol. The van der Waals surface area contributed by atoms with Crippen LogP contribution in [-0.2, 0) is 6.54 Å². The van der Waals surface area contributed by atoms with Gasteiger partial charge in [0.1, 0.15) is 0 Å². The van der Waals surface area contributed by atoms with E-state index in [-0.39, 0.29) is 17.4 Å². The van der Waals surface area contributed by atoms with E-state index in [9.17, 15) is 14.4 Å². The molecule has 1 aliphatic heterocycles. The number of hydrogen-bond acceptors (Lipinski definition) is 5. The number of nitrogens with one attached hydrogen (secondary N) is 1. The lowest BCUT2D eigenvalue weighted by molar-refractivity contribution is 0.0923. The van der Waals surface area contributed by atoms with E-state index >= 15 is 0 Å². The van der Waals surface area contributed by atoms with Gasteiger partial charge in [0.15, 0.2) is 0 Å². The molecule has 3 amide bonds. The summed E-state index contributed by atoms with van der Waals surface area (Å²) in [5, 5.41) is 5.92. The Kier molecular flexibility index (Phi) is 5.55. The number of para-hydroxylation sites is 1. The predicted molar refractivity (Wildman–Crippen MR) is 132 cm³/mol. The Morgan fingerprint density at radius 2 is 1.68 bits per heavy atom. The van der Waals surface area contributed by atoms with Gasteiger partial charge < -0.3 is 5.32 Å². The molecular weight excluding hydrogens is 446 g/mol. The molecule has 0 spiro atoms. The summed E-state index contributed by atoms with van der Waals surface area (Å²) in [5.74, 6) is -1.11. The molecule has 7 heteroatoms. The first-order valence-corrected chi connectivity index (χ1v) is 11.7. The van der Waals surface area contributed by atoms with Gasteiger partial charge in [-0.1, -0.05) is 42.5 Å². The van der Waals surface area contributed by atoms with Crippen LogP contribution < -0.4 is 10.2 Å². The van der Waals surface area contributed by atoms with E-state index in [2.05, 4.69) is 10.3 Å². The van der Waals surface area contributed by atoms with E-state index in [0.717, 1.165) is 27.4 Å². The predicted octanol–water partition coefficient (Wildman–Crippen LogP) is 5.16. The summed E-state index contributed by atoms with van der Waals surface area (Å²) in [5.41, 5.74) is 5.17. The molecule has 5 rings (SSSR count). The second-order valence-electron chi connectivity index (χ2n) is 8.12. The molecule has 1 N–H and O–H groups in total. The van der Waals surface area contributed by atoms with Crippen LogP contribution in [0.2, 0.25) is 0 Å². The van der Waals surface area contributed by atoms with Crippen molar-refractivity contribution in [2.45, 2.75) is 20.4 Å². The van der Waals surface area contributed by atoms with E-state index < -0.39 is 5.91 Å². The van der Waals surface area contributed by atoms with Gasteiger partial charge in [-0.05, 0) is 49.2 Å². The molecule has 0 saturated heterocycles. The number of rotatable bonds is 5. The number of nitrogens with zero attached hydrogens (tertiary/aromatic N) is 2. The minimum Gasteiger partial charge on any atom is -0.348 e. The maximum atomic E-state index is 13.0. The fraction of sp³-hybridized carbons (Fsp3) is 0.111. The van der Waals surface area contributed by atoms with Gasteiger partial charge in [-0.2, -0.15) is 0 Å². The zero-order valence-electron chi connectivity index (χ0n) is 18.7. The van der Waals surface area contributed by atoms with Crippen molar-refractivity contribution in [3.63, 3.8) is 0 Å². The molecule has 34 heavy (non-hydrogen) atoms. The van der Waals surface area contributed by atoms with E-state index in [1.54, 1.807) is 35.6 Å². The standard InChI is InChI=1S/C27H21N3O3S/c1-16-5-3-4-6-24(16)30-26(32)21-12-11-20(13-22(21)27(30)33)25(31)28-14-18-7-9-19(10-8-18)23-15-34-17(2)29-23/h3-13,15H,14H2,1-2H3,(H,28,31). The smallest absolute Gasteiger partial charge is 0.266 e. The van der Waals surface area contributed by atoms with Crippen LogP contribution in [-0.4, -0.2) is 22.7 Å². The SMILES string of the molecule is Cc1nc(-c2ccc(CNC(=O)c3ccc4c(c3)C(=O)N(c3ccccc3C)C4=O)cc2)cs1. The van der Waals surface area contributed by atoms with Crippen LogP contribution in [0.15, 0.2) is 72.1 Å². The van der Waals surface area contributed by atoms with Crippen LogP contribution >= 0.6 is 11.3 Å². The number of imide groups is 1. The summed E-state index contributed by atoms with van der Waals surface area (Å²) in [6.07, 6.45) is 0. The summed E-state index contributed by atoms with van der Waals surface area (Å²) in [6, 6.07) is 19.7. The summed E-state index contributed by atoms with van der Waals surface area (Å²) in [6.45, 7) is 4.16. The van der Waals surface area contributed by atoms with Crippen LogP contribution in [0.1, 0.15) is 47.2 Å². The average molecular weight is 468 g/mol. The topological polar surface area (TPSA) is 79.4 Å². The quantitative estimate of drug-likeness (QED) is 0.411. The summed E-state index contributed by atoms with van der Waals surface area (Å²) >= 11 is 1.61. The Morgan fingerprint density at radius 1 is 0.941 bits per heavy atom. The molecule has 0 saturated carbocycles. The number of hydrogen-bond donors (Lipinski definition) is 1. The molecule has 168 valence electrons. The van der Waals surface area contributed by atoms with Crippen molar-refractivity contribution in [1.82, 2.24) is 10.3 Å². The molecule has 0 unspecified atom stereocenters. The Hall–Kier alpha value is -4.10. The fourth-order valence-corrected chi connectivity index (χ4v) is 4.61. The summed E-state index contributed by atoms with van der Waals surface area (Å²) < 4.78 is 0. The second-order valence-corrected chi connectivity index (χ2v) is 9.19.